The first-order chi connectivity index (χ1) is 14.2. The van der Waals surface area contributed by atoms with Crippen molar-refractivity contribution < 1.29 is 4.42 Å². The van der Waals surface area contributed by atoms with E-state index in [4.69, 9.17) is 10.2 Å². The van der Waals surface area contributed by atoms with Crippen LogP contribution >= 0.6 is 0 Å². The molecule has 0 unspecified atom stereocenters. The Morgan fingerprint density at radius 3 is 2.72 bits per heavy atom. The average molecular weight is 382 g/mol. The van der Waals surface area contributed by atoms with Crippen LogP contribution in [0.25, 0.3) is 33.1 Å². The minimum Gasteiger partial charge on any atom is -0.456 e. The van der Waals surface area contributed by atoms with Crippen molar-refractivity contribution in [1.29, 1.82) is 5.26 Å². The Bertz CT molecular complexity index is 1200. The lowest BCUT2D eigenvalue weighted by molar-refractivity contribution is 0.206. The Labute approximate surface area is 169 Å². The van der Waals surface area contributed by atoms with Crippen molar-refractivity contribution in [2.45, 2.75) is 25.4 Å². The van der Waals surface area contributed by atoms with Gasteiger partial charge in [0, 0.05) is 41.3 Å². The highest BCUT2D eigenvalue weighted by molar-refractivity contribution is 5.99. The molecule has 2 aromatic carbocycles. The molecule has 144 valence electrons. The maximum atomic E-state index is 9.75. The number of pyridine rings is 1. The summed E-state index contributed by atoms with van der Waals surface area (Å²) in [6, 6.07) is 16.8. The molecule has 0 spiro atoms. The van der Waals surface area contributed by atoms with E-state index in [1.165, 1.54) is 0 Å². The number of furan rings is 1. The molecule has 29 heavy (non-hydrogen) atoms. The average Bonchev–Trinajstić information content (AvgIpc) is 3.18. The summed E-state index contributed by atoms with van der Waals surface area (Å²) in [5, 5.41) is 12.7. The van der Waals surface area contributed by atoms with E-state index >= 15 is 0 Å². The third kappa shape index (κ3) is 3.38. The molecule has 3 heterocycles. The van der Waals surface area contributed by atoms with Gasteiger partial charge in [-0.2, -0.15) is 5.26 Å². The van der Waals surface area contributed by atoms with E-state index in [9.17, 15) is 5.26 Å². The lowest BCUT2D eigenvalue weighted by atomic mass is 9.98. The Morgan fingerprint density at radius 2 is 1.93 bits per heavy atom. The summed E-state index contributed by atoms with van der Waals surface area (Å²) in [6.07, 6.45) is 5.63. The summed E-state index contributed by atoms with van der Waals surface area (Å²) in [7, 11) is 0. The zero-order valence-electron chi connectivity index (χ0n) is 16.1. The Kier molecular flexibility index (Phi) is 4.51. The molecule has 5 heteroatoms. The fourth-order valence-electron chi connectivity index (χ4n) is 4.19. The van der Waals surface area contributed by atoms with E-state index in [-0.39, 0.29) is 0 Å². The number of para-hydroxylation sites is 1. The lowest BCUT2D eigenvalue weighted by Crippen LogP contribution is -2.39. The fraction of sp³-hybridized carbons (Fsp3) is 0.250. The van der Waals surface area contributed by atoms with E-state index in [1.54, 1.807) is 6.20 Å². The van der Waals surface area contributed by atoms with Gasteiger partial charge in [0.1, 0.15) is 11.3 Å². The highest BCUT2D eigenvalue weighted by Gasteiger charge is 2.18. The number of aromatic nitrogens is 1. The van der Waals surface area contributed by atoms with Crippen molar-refractivity contribution >= 4 is 21.7 Å². The van der Waals surface area contributed by atoms with Crippen molar-refractivity contribution in [2.75, 3.05) is 13.1 Å². The maximum Gasteiger partial charge on any atom is 0.137 e. The van der Waals surface area contributed by atoms with Crippen LogP contribution in [0.5, 0.6) is 0 Å². The zero-order chi connectivity index (χ0) is 19.8. The second kappa shape index (κ2) is 7.32. The standard InChI is InChI=1S/C24H22N4O/c25-12-18-9-16(15-28-7-5-19(26)6-8-28)10-20-21(18)13-27-14-22(20)24-11-17-3-1-2-4-23(17)29-24/h1-4,9-11,13-14,19H,5-8,15,26H2. The van der Waals surface area contributed by atoms with Crippen LogP contribution in [0.15, 0.2) is 59.3 Å². The second-order valence-electron chi connectivity index (χ2n) is 7.80. The predicted octanol–water partition coefficient (Wildman–Crippen LogP) is 4.44. The fourth-order valence-corrected chi connectivity index (χ4v) is 4.19. The van der Waals surface area contributed by atoms with E-state index in [0.717, 1.165) is 71.1 Å². The molecule has 0 atom stereocenters. The van der Waals surface area contributed by atoms with E-state index in [2.05, 4.69) is 22.0 Å². The van der Waals surface area contributed by atoms with Gasteiger partial charge in [-0.15, -0.1) is 0 Å². The van der Waals surface area contributed by atoms with Gasteiger partial charge < -0.3 is 10.2 Å². The van der Waals surface area contributed by atoms with Gasteiger partial charge in [0.2, 0.25) is 0 Å². The highest BCUT2D eigenvalue weighted by atomic mass is 16.3. The SMILES string of the molecule is N#Cc1cc(CN2CCC(N)CC2)cc2c(-c3cc4ccccc4o3)cncc12. The van der Waals surface area contributed by atoms with Crippen LogP contribution in [0.2, 0.25) is 0 Å². The maximum absolute atomic E-state index is 9.75. The van der Waals surface area contributed by atoms with Crippen molar-refractivity contribution in [3.05, 3.63) is 66.0 Å². The first-order valence-electron chi connectivity index (χ1n) is 9.99. The van der Waals surface area contributed by atoms with Crippen molar-refractivity contribution in [3.8, 4) is 17.4 Å². The third-order valence-electron chi connectivity index (χ3n) is 5.79. The minimum absolute atomic E-state index is 0.309. The summed E-state index contributed by atoms with van der Waals surface area (Å²) in [4.78, 5) is 6.80. The number of hydrogen-bond donors (Lipinski definition) is 1. The summed E-state index contributed by atoms with van der Waals surface area (Å²) in [6.45, 7) is 2.81. The normalized spacial score (nSPS) is 15.7. The van der Waals surface area contributed by atoms with E-state index < -0.39 is 0 Å². The molecule has 1 aliphatic rings. The number of nitrogens with zero attached hydrogens (tertiary/aromatic N) is 3. The summed E-state index contributed by atoms with van der Waals surface area (Å²) in [5.74, 6) is 0.772. The van der Waals surface area contributed by atoms with Crippen molar-refractivity contribution in [3.63, 3.8) is 0 Å². The largest absolute Gasteiger partial charge is 0.456 e. The topological polar surface area (TPSA) is 79.1 Å². The second-order valence-corrected chi connectivity index (χ2v) is 7.80. The first-order valence-corrected chi connectivity index (χ1v) is 9.99. The predicted molar refractivity (Wildman–Crippen MR) is 114 cm³/mol. The quantitative estimate of drug-likeness (QED) is 0.566. The number of rotatable bonds is 3. The Balaban J connectivity index is 1.60. The molecule has 5 rings (SSSR count). The molecule has 0 amide bonds. The third-order valence-corrected chi connectivity index (χ3v) is 5.79. The van der Waals surface area contributed by atoms with Crippen LogP contribution < -0.4 is 5.73 Å². The van der Waals surface area contributed by atoms with Crippen LogP contribution in [-0.4, -0.2) is 29.0 Å². The van der Waals surface area contributed by atoms with Gasteiger partial charge in [-0.3, -0.25) is 9.88 Å². The molecule has 1 fully saturated rings. The summed E-state index contributed by atoms with van der Waals surface area (Å²) >= 11 is 0. The van der Waals surface area contributed by atoms with Gasteiger partial charge in [-0.1, -0.05) is 18.2 Å². The number of nitriles is 1. The molecular formula is C24H22N4O. The molecule has 4 aromatic rings. The molecule has 5 nitrogen and oxygen atoms in total. The molecule has 1 saturated heterocycles. The van der Waals surface area contributed by atoms with Gasteiger partial charge in [0.25, 0.3) is 0 Å². The van der Waals surface area contributed by atoms with Crippen LogP contribution in [0.4, 0.5) is 0 Å². The molecule has 2 aromatic heterocycles. The number of likely N-dealkylation sites (tertiary alicyclic amines) is 1. The molecule has 1 aliphatic heterocycles. The number of fused-ring (bicyclic) bond motifs is 2. The summed E-state index contributed by atoms with van der Waals surface area (Å²) in [5.41, 5.74) is 9.58. The first kappa shape index (κ1) is 17.9. The van der Waals surface area contributed by atoms with E-state index in [1.807, 2.05) is 42.6 Å². The number of nitrogens with two attached hydrogens (primary N) is 1. The van der Waals surface area contributed by atoms with Crippen LogP contribution in [0.3, 0.4) is 0 Å². The van der Waals surface area contributed by atoms with Crippen LogP contribution in [0.1, 0.15) is 24.0 Å². The molecule has 2 N–H and O–H groups in total. The van der Waals surface area contributed by atoms with E-state index in [0.29, 0.717) is 11.6 Å². The number of hydrogen-bond acceptors (Lipinski definition) is 5. The molecule has 0 aliphatic carbocycles. The summed E-state index contributed by atoms with van der Waals surface area (Å²) < 4.78 is 6.09. The molecule has 0 saturated carbocycles. The van der Waals surface area contributed by atoms with Gasteiger partial charge in [-0.25, -0.2) is 0 Å². The van der Waals surface area contributed by atoms with Crippen molar-refractivity contribution in [1.82, 2.24) is 9.88 Å². The monoisotopic (exact) mass is 382 g/mol. The van der Waals surface area contributed by atoms with Gasteiger partial charge in [0.05, 0.1) is 11.6 Å². The smallest absolute Gasteiger partial charge is 0.137 e. The Morgan fingerprint density at radius 1 is 1.10 bits per heavy atom. The molecular weight excluding hydrogens is 360 g/mol. The Hall–Kier alpha value is -3.20. The zero-order valence-corrected chi connectivity index (χ0v) is 16.1. The highest BCUT2D eigenvalue weighted by Crippen LogP contribution is 2.34. The van der Waals surface area contributed by atoms with Gasteiger partial charge >= 0.3 is 0 Å². The lowest BCUT2D eigenvalue weighted by Gasteiger charge is -2.30. The molecule has 0 radical (unpaired) electrons. The minimum atomic E-state index is 0.309. The van der Waals surface area contributed by atoms with Crippen molar-refractivity contribution in [2.24, 2.45) is 5.73 Å². The number of benzene rings is 2. The molecule has 0 bridgehead atoms. The van der Waals surface area contributed by atoms with Crippen LogP contribution in [-0.2, 0) is 6.54 Å². The van der Waals surface area contributed by atoms with Gasteiger partial charge in [-0.05, 0) is 61.1 Å². The van der Waals surface area contributed by atoms with Crippen LogP contribution in [0, 0.1) is 11.3 Å². The van der Waals surface area contributed by atoms with Gasteiger partial charge in [0.15, 0.2) is 0 Å². The number of piperidine rings is 1.